The average molecular weight is 420 g/mol. The zero-order chi connectivity index (χ0) is 21.3. The normalized spacial score (nSPS) is 16.6. The van der Waals surface area contributed by atoms with Crippen LogP contribution >= 0.6 is 0 Å². The van der Waals surface area contributed by atoms with Gasteiger partial charge in [-0.15, -0.1) is 0 Å². The van der Waals surface area contributed by atoms with Crippen molar-refractivity contribution in [3.63, 3.8) is 0 Å². The molecule has 1 aromatic heterocycles. The van der Waals surface area contributed by atoms with E-state index < -0.39 is 8.80 Å². The Morgan fingerprint density at radius 3 is 2.43 bits per heavy atom. The summed E-state index contributed by atoms with van der Waals surface area (Å²) in [6.07, 6.45) is 5.17. The second-order valence-corrected chi connectivity index (χ2v) is 13.2. The highest BCUT2D eigenvalue weighted by atomic mass is 28.3. The van der Waals surface area contributed by atoms with Crippen LogP contribution in [0.2, 0.25) is 12.6 Å². The summed E-state index contributed by atoms with van der Waals surface area (Å²) in [5.74, 6) is 0. The van der Waals surface area contributed by atoms with Gasteiger partial charge in [-0.05, 0) is 44.4 Å². The van der Waals surface area contributed by atoms with Crippen LogP contribution in [0.1, 0.15) is 63.1 Å². The Bertz CT molecular complexity index is 1010. The smallest absolute Gasteiger partial charge is 0.0598 e. The summed E-state index contributed by atoms with van der Waals surface area (Å²) >= 11 is 0. The van der Waals surface area contributed by atoms with Crippen molar-refractivity contribution in [2.45, 2.75) is 70.2 Å². The van der Waals surface area contributed by atoms with Gasteiger partial charge in [-0.25, -0.2) is 0 Å². The molecule has 1 aliphatic rings. The number of hydrogen-bond acceptors (Lipinski definition) is 1. The molecule has 0 saturated heterocycles. The Balaban J connectivity index is 1.46. The van der Waals surface area contributed by atoms with E-state index in [9.17, 15) is 0 Å². The van der Waals surface area contributed by atoms with Gasteiger partial charge in [0.2, 0.25) is 0 Å². The van der Waals surface area contributed by atoms with E-state index in [0.717, 1.165) is 6.61 Å². The highest BCUT2D eigenvalue weighted by Gasteiger charge is 2.36. The molecule has 0 N–H and O–H groups in total. The van der Waals surface area contributed by atoms with Crippen LogP contribution in [0.3, 0.4) is 0 Å². The summed E-state index contributed by atoms with van der Waals surface area (Å²) in [7, 11) is 1.29. The third-order valence-corrected chi connectivity index (χ3v) is 9.82. The Labute approximate surface area is 183 Å². The van der Waals surface area contributed by atoms with Crippen LogP contribution in [0.5, 0.6) is 0 Å². The maximum atomic E-state index is 5.87. The van der Waals surface area contributed by atoms with Gasteiger partial charge >= 0.3 is 0 Å². The van der Waals surface area contributed by atoms with Gasteiger partial charge in [-0.2, -0.15) is 0 Å². The van der Waals surface area contributed by atoms with Gasteiger partial charge in [-0.3, -0.25) is 0 Å². The third kappa shape index (κ3) is 4.15. The Morgan fingerprint density at radius 1 is 0.933 bits per heavy atom. The van der Waals surface area contributed by atoms with E-state index >= 15 is 0 Å². The number of aromatic nitrogens is 1. The standard InChI is InChI=1S/C27H37NOSi/c1-27(2,3)29-18-12-6-7-13-19-30(5)26-21-15-9-8-14-20(21)25-24(26)22-16-10-11-17-23(22)28(25)4/h8-11,14-17,26,30H,6-7,12-13,18-19H2,1-5H3. The summed E-state index contributed by atoms with van der Waals surface area (Å²) < 4.78 is 8.30. The van der Waals surface area contributed by atoms with E-state index in [2.05, 4.69) is 87.5 Å². The molecule has 0 spiro atoms. The second-order valence-electron chi connectivity index (χ2n) is 10.0. The van der Waals surface area contributed by atoms with Crippen molar-refractivity contribution >= 4 is 19.7 Å². The van der Waals surface area contributed by atoms with Crippen molar-refractivity contribution in [2.24, 2.45) is 7.05 Å². The molecule has 160 valence electrons. The van der Waals surface area contributed by atoms with Crippen LogP contribution in [-0.4, -0.2) is 25.6 Å². The first-order chi connectivity index (χ1) is 14.4. The number of fused-ring (bicyclic) bond motifs is 5. The lowest BCUT2D eigenvalue weighted by Crippen LogP contribution is -2.20. The van der Waals surface area contributed by atoms with Crippen LogP contribution in [0.25, 0.3) is 22.2 Å². The van der Waals surface area contributed by atoms with Crippen LogP contribution in [0.15, 0.2) is 48.5 Å². The molecule has 30 heavy (non-hydrogen) atoms. The molecule has 0 aliphatic heterocycles. The minimum absolute atomic E-state index is 0.00649. The first kappa shape index (κ1) is 21.4. The molecule has 2 atom stereocenters. The van der Waals surface area contributed by atoms with Gasteiger partial charge in [-0.1, -0.05) is 74.3 Å². The van der Waals surface area contributed by atoms with Crippen molar-refractivity contribution < 1.29 is 4.74 Å². The van der Waals surface area contributed by atoms with Gasteiger partial charge in [0.1, 0.15) is 0 Å². The Hall–Kier alpha value is -1.84. The van der Waals surface area contributed by atoms with Gasteiger partial charge in [0.25, 0.3) is 0 Å². The molecule has 2 nitrogen and oxygen atoms in total. The molecule has 4 rings (SSSR count). The zero-order valence-electron chi connectivity index (χ0n) is 19.4. The molecule has 1 heterocycles. The van der Waals surface area contributed by atoms with Gasteiger partial charge in [0.15, 0.2) is 0 Å². The fraction of sp³-hybridized carbons (Fsp3) is 0.481. The summed E-state index contributed by atoms with van der Waals surface area (Å²) in [6.45, 7) is 9.91. The number of aryl methyl sites for hydroxylation is 1. The lowest BCUT2D eigenvalue weighted by atomic mass is 10.1. The number of unbranched alkanes of at least 4 members (excludes halogenated alkanes) is 3. The molecule has 2 unspecified atom stereocenters. The quantitative estimate of drug-likeness (QED) is 0.281. The first-order valence-corrected chi connectivity index (χ1v) is 14.3. The van der Waals surface area contributed by atoms with Crippen molar-refractivity contribution in [1.82, 2.24) is 4.57 Å². The highest BCUT2D eigenvalue weighted by Crippen LogP contribution is 2.50. The predicted octanol–water partition coefficient (Wildman–Crippen LogP) is 7.06. The van der Waals surface area contributed by atoms with Crippen molar-refractivity contribution in [3.8, 4) is 11.3 Å². The number of hydrogen-bond donors (Lipinski definition) is 0. The molecule has 1 aliphatic carbocycles. The summed E-state index contributed by atoms with van der Waals surface area (Å²) in [4.78, 5) is 0. The topological polar surface area (TPSA) is 14.2 Å². The number of nitrogens with zero attached hydrogens (tertiary/aromatic N) is 1. The Kier molecular flexibility index (Phi) is 6.22. The second kappa shape index (κ2) is 8.72. The molecule has 0 amide bonds. The fourth-order valence-corrected chi connectivity index (χ4v) is 8.34. The maximum Gasteiger partial charge on any atom is 0.0598 e. The predicted molar refractivity (Wildman–Crippen MR) is 132 cm³/mol. The van der Waals surface area contributed by atoms with E-state index in [4.69, 9.17) is 4.74 Å². The van der Waals surface area contributed by atoms with Gasteiger partial charge in [0.05, 0.1) is 11.3 Å². The van der Waals surface area contributed by atoms with Crippen LogP contribution in [-0.2, 0) is 11.8 Å². The first-order valence-electron chi connectivity index (χ1n) is 11.7. The lowest BCUT2D eigenvalue weighted by molar-refractivity contribution is -0.00471. The molecule has 3 aromatic rings. The van der Waals surface area contributed by atoms with Crippen LogP contribution < -0.4 is 0 Å². The number of rotatable bonds is 8. The van der Waals surface area contributed by atoms with Crippen LogP contribution in [0.4, 0.5) is 0 Å². The molecular formula is C27H37NOSi. The summed E-state index contributed by atoms with van der Waals surface area (Å²) in [6, 6.07) is 19.6. The van der Waals surface area contributed by atoms with Gasteiger partial charge in [0, 0.05) is 44.5 Å². The number of para-hydroxylation sites is 1. The van der Waals surface area contributed by atoms with E-state index in [1.54, 1.807) is 11.1 Å². The zero-order valence-corrected chi connectivity index (χ0v) is 20.5. The van der Waals surface area contributed by atoms with Gasteiger partial charge < -0.3 is 9.30 Å². The molecule has 3 heteroatoms. The minimum Gasteiger partial charge on any atom is -0.376 e. The van der Waals surface area contributed by atoms with Crippen molar-refractivity contribution in [1.29, 1.82) is 0 Å². The number of benzene rings is 2. The van der Waals surface area contributed by atoms with Crippen molar-refractivity contribution in [3.05, 3.63) is 59.7 Å². The molecule has 0 radical (unpaired) electrons. The molecule has 2 aromatic carbocycles. The van der Waals surface area contributed by atoms with E-state index in [0.29, 0.717) is 5.54 Å². The Morgan fingerprint density at radius 2 is 1.63 bits per heavy atom. The molecule has 0 bridgehead atoms. The minimum atomic E-state index is -0.954. The molecular weight excluding hydrogens is 382 g/mol. The monoisotopic (exact) mass is 419 g/mol. The largest absolute Gasteiger partial charge is 0.376 e. The molecule has 0 fully saturated rings. The van der Waals surface area contributed by atoms with E-state index in [1.807, 2.05) is 0 Å². The summed E-state index contributed by atoms with van der Waals surface area (Å²) in [5, 5.41) is 1.47. The third-order valence-electron chi connectivity index (χ3n) is 6.67. The van der Waals surface area contributed by atoms with Crippen molar-refractivity contribution in [2.75, 3.05) is 6.61 Å². The maximum absolute atomic E-state index is 5.87. The number of ether oxygens (including phenoxy) is 1. The van der Waals surface area contributed by atoms with Crippen LogP contribution in [0, 0.1) is 0 Å². The fourth-order valence-electron chi connectivity index (χ4n) is 5.26. The highest BCUT2D eigenvalue weighted by molar-refractivity contribution is 6.60. The van der Waals surface area contributed by atoms with E-state index in [-0.39, 0.29) is 5.60 Å². The summed E-state index contributed by atoms with van der Waals surface area (Å²) in [5.41, 5.74) is 8.15. The average Bonchev–Trinajstić information content (AvgIpc) is 3.20. The molecule has 0 saturated carbocycles. The van der Waals surface area contributed by atoms with E-state index in [1.165, 1.54) is 53.9 Å². The SMILES string of the molecule is Cn1c2c(c3ccccc31)C([SiH](C)CCCCCCOC(C)(C)C)c1ccccc1-2. The lowest BCUT2D eigenvalue weighted by Gasteiger charge is -2.21.